The van der Waals surface area contributed by atoms with Gasteiger partial charge < -0.3 is 15.6 Å². The highest BCUT2D eigenvalue weighted by atomic mass is 79.9. The van der Waals surface area contributed by atoms with Gasteiger partial charge >= 0.3 is 0 Å². The van der Waals surface area contributed by atoms with E-state index in [9.17, 15) is 9.50 Å². The molecule has 1 aliphatic rings. The Hall–Kier alpha value is -0.810. The Bertz CT molecular complexity index is 459. The Morgan fingerprint density at radius 3 is 2.56 bits per heavy atom. The average Bonchev–Trinajstić information content (AvgIpc) is 2.34. The summed E-state index contributed by atoms with van der Waals surface area (Å²) in [5.74, 6) is -0.422. The van der Waals surface area contributed by atoms with Gasteiger partial charge in [0.25, 0.3) is 0 Å². The van der Waals surface area contributed by atoms with E-state index >= 15 is 0 Å². The van der Waals surface area contributed by atoms with Crippen molar-refractivity contribution in [3.63, 3.8) is 0 Å². The summed E-state index contributed by atoms with van der Waals surface area (Å²) in [6.07, 6.45) is 4.36. The topological polar surface area (TPSA) is 55.5 Å². The zero-order valence-corrected chi connectivity index (χ0v) is 11.9. The number of phenolic OH excluding ortho intramolecular Hbond substituents is 1. The molecule has 0 atom stereocenters. The minimum atomic E-state index is -0.802. The summed E-state index contributed by atoms with van der Waals surface area (Å²) < 4.78 is 19.6. The van der Waals surface area contributed by atoms with Crippen LogP contribution in [0.5, 0.6) is 11.5 Å². The third-order valence-corrected chi connectivity index (χ3v) is 4.20. The van der Waals surface area contributed by atoms with E-state index in [1.54, 1.807) is 0 Å². The summed E-state index contributed by atoms with van der Waals surface area (Å²) in [5, 5.41) is 10.1. The Labute approximate surface area is 114 Å². The van der Waals surface area contributed by atoms with Gasteiger partial charge in [0, 0.05) is 11.6 Å². The molecule has 0 unspecified atom stereocenters. The van der Waals surface area contributed by atoms with Crippen LogP contribution in [0.25, 0.3) is 0 Å². The van der Waals surface area contributed by atoms with Crippen molar-refractivity contribution in [2.45, 2.75) is 37.6 Å². The van der Waals surface area contributed by atoms with Crippen molar-refractivity contribution in [3.05, 3.63) is 21.9 Å². The molecule has 0 aromatic heterocycles. The zero-order valence-electron chi connectivity index (χ0n) is 10.3. The lowest BCUT2D eigenvalue weighted by atomic mass is 9.77. The molecular weight excluding hydrogens is 301 g/mol. The fraction of sp³-hybridized carbons (Fsp3) is 0.538. The van der Waals surface area contributed by atoms with Crippen LogP contribution in [0.15, 0.2) is 10.5 Å². The van der Waals surface area contributed by atoms with Gasteiger partial charge in [0.15, 0.2) is 11.5 Å². The molecule has 100 valence electrons. The summed E-state index contributed by atoms with van der Waals surface area (Å²) in [7, 11) is 1.44. The summed E-state index contributed by atoms with van der Waals surface area (Å²) in [4.78, 5) is 0. The van der Waals surface area contributed by atoms with Crippen LogP contribution in [0.1, 0.15) is 37.7 Å². The van der Waals surface area contributed by atoms with E-state index in [1.165, 1.54) is 13.2 Å². The Morgan fingerprint density at radius 1 is 1.39 bits per heavy atom. The highest BCUT2D eigenvalue weighted by molar-refractivity contribution is 9.10. The van der Waals surface area contributed by atoms with Gasteiger partial charge in [-0.15, -0.1) is 0 Å². The second-order valence-electron chi connectivity index (χ2n) is 4.82. The van der Waals surface area contributed by atoms with Gasteiger partial charge in [-0.1, -0.05) is 19.3 Å². The first kappa shape index (κ1) is 13.6. The molecule has 0 aliphatic heterocycles. The number of rotatable bonds is 2. The third kappa shape index (κ3) is 2.21. The van der Waals surface area contributed by atoms with Crippen molar-refractivity contribution in [3.8, 4) is 11.5 Å². The molecule has 5 heteroatoms. The SMILES string of the molecule is COc1cc(Br)c(F)c(C2(N)CCCCC2)c1O. The molecule has 2 rings (SSSR count). The first-order chi connectivity index (χ1) is 8.49. The Kier molecular flexibility index (Phi) is 3.82. The van der Waals surface area contributed by atoms with Crippen molar-refractivity contribution >= 4 is 15.9 Å². The number of nitrogens with two attached hydrogens (primary N) is 1. The molecule has 3 N–H and O–H groups in total. The van der Waals surface area contributed by atoms with Gasteiger partial charge in [-0.05, 0) is 28.8 Å². The lowest BCUT2D eigenvalue weighted by Crippen LogP contribution is -2.39. The van der Waals surface area contributed by atoms with E-state index in [0.717, 1.165) is 19.3 Å². The first-order valence-electron chi connectivity index (χ1n) is 6.04. The Balaban J connectivity index is 2.58. The second kappa shape index (κ2) is 5.05. The number of ether oxygens (including phenoxy) is 1. The lowest BCUT2D eigenvalue weighted by Gasteiger charge is -2.35. The molecule has 0 radical (unpaired) electrons. The van der Waals surface area contributed by atoms with Crippen molar-refractivity contribution in [2.24, 2.45) is 5.73 Å². The van der Waals surface area contributed by atoms with Crippen LogP contribution in [0.3, 0.4) is 0 Å². The number of hydrogen-bond donors (Lipinski definition) is 2. The molecule has 0 bridgehead atoms. The summed E-state index contributed by atoms with van der Waals surface area (Å²) in [6.45, 7) is 0. The van der Waals surface area contributed by atoms with E-state index < -0.39 is 11.4 Å². The molecule has 0 saturated heterocycles. The molecular formula is C13H17BrFNO2. The van der Waals surface area contributed by atoms with Crippen LogP contribution in [-0.2, 0) is 5.54 Å². The number of aromatic hydroxyl groups is 1. The predicted molar refractivity (Wildman–Crippen MR) is 71.3 cm³/mol. The van der Waals surface area contributed by atoms with Gasteiger partial charge in [-0.3, -0.25) is 0 Å². The highest BCUT2D eigenvalue weighted by Crippen LogP contribution is 2.46. The predicted octanol–water partition coefficient (Wildman–Crippen LogP) is 3.42. The number of hydrogen-bond acceptors (Lipinski definition) is 3. The van der Waals surface area contributed by atoms with Gasteiger partial charge in [-0.2, -0.15) is 0 Å². The smallest absolute Gasteiger partial charge is 0.165 e. The standard InChI is InChI=1S/C13H17BrFNO2/c1-18-9-7-8(14)11(15)10(12(9)17)13(16)5-3-2-4-6-13/h7,17H,2-6,16H2,1H3. The van der Waals surface area contributed by atoms with Crippen LogP contribution in [0, 0.1) is 5.82 Å². The van der Waals surface area contributed by atoms with Crippen LogP contribution in [0.2, 0.25) is 0 Å². The number of benzene rings is 1. The van der Waals surface area contributed by atoms with Gasteiger partial charge in [0.2, 0.25) is 0 Å². The van der Waals surface area contributed by atoms with Gasteiger partial charge in [0.05, 0.1) is 17.1 Å². The van der Waals surface area contributed by atoms with Crippen molar-refractivity contribution in [2.75, 3.05) is 7.11 Å². The third-order valence-electron chi connectivity index (χ3n) is 3.62. The molecule has 1 aromatic rings. The first-order valence-corrected chi connectivity index (χ1v) is 6.83. The fourth-order valence-electron chi connectivity index (χ4n) is 2.64. The Morgan fingerprint density at radius 2 is 2.00 bits per heavy atom. The minimum Gasteiger partial charge on any atom is -0.504 e. The maximum atomic E-state index is 14.3. The molecule has 0 spiro atoms. The molecule has 3 nitrogen and oxygen atoms in total. The summed E-state index contributed by atoms with van der Waals surface area (Å²) >= 11 is 3.14. The quantitative estimate of drug-likeness (QED) is 0.878. The average molecular weight is 318 g/mol. The van der Waals surface area contributed by atoms with Crippen LogP contribution in [-0.4, -0.2) is 12.2 Å². The van der Waals surface area contributed by atoms with E-state index in [4.69, 9.17) is 10.5 Å². The summed E-state index contributed by atoms with van der Waals surface area (Å²) in [6, 6.07) is 1.42. The van der Waals surface area contributed by atoms with Crippen molar-refractivity contribution in [1.29, 1.82) is 0 Å². The number of phenols is 1. The fourth-order valence-corrected chi connectivity index (χ4v) is 3.04. The maximum Gasteiger partial charge on any atom is 0.165 e. The van der Waals surface area contributed by atoms with Crippen LogP contribution in [0.4, 0.5) is 4.39 Å². The second-order valence-corrected chi connectivity index (χ2v) is 5.67. The van der Waals surface area contributed by atoms with E-state index in [1.807, 2.05) is 0 Å². The molecule has 1 saturated carbocycles. The van der Waals surface area contributed by atoms with Crippen molar-refractivity contribution < 1.29 is 14.2 Å². The molecule has 18 heavy (non-hydrogen) atoms. The molecule has 0 amide bonds. The van der Waals surface area contributed by atoms with Gasteiger partial charge in [0.1, 0.15) is 5.82 Å². The van der Waals surface area contributed by atoms with Crippen LogP contribution >= 0.6 is 15.9 Å². The monoisotopic (exact) mass is 317 g/mol. The van der Waals surface area contributed by atoms with Crippen LogP contribution < -0.4 is 10.5 Å². The van der Waals surface area contributed by atoms with E-state index in [-0.39, 0.29) is 21.5 Å². The highest BCUT2D eigenvalue weighted by Gasteiger charge is 2.36. The summed E-state index contributed by atoms with van der Waals surface area (Å²) in [5.41, 5.74) is 5.67. The zero-order chi connectivity index (χ0) is 13.3. The largest absolute Gasteiger partial charge is 0.504 e. The molecule has 1 fully saturated rings. The normalized spacial score (nSPS) is 18.7. The molecule has 1 aromatic carbocycles. The van der Waals surface area contributed by atoms with Gasteiger partial charge in [-0.25, -0.2) is 4.39 Å². The van der Waals surface area contributed by atoms with Crippen molar-refractivity contribution in [1.82, 2.24) is 0 Å². The maximum absolute atomic E-state index is 14.3. The minimum absolute atomic E-state index is 0.174. The molecule has 0 heterocycles. The number of methoxy groups -OCH3 is 1. The molecule has 1 aliphatic carbocycles. The van der Waals surface area contributed by atoms with E-state index in [0.29, 0.717) is 12.8 Å². The lowest BCUT2D eigenvalue weighted by molar-refractivity contribution is 0.275. The number of halogens is 2. The van der Waals surface area contributed by atoms with E-state index in [2.05, 4.69) is 15.9 Å².